The molecule has 0 unspecified atom stereocenters. The summed E-state index contributed by atoms with van der Waals surface area (Å²) in [6.07, 6.45) is 0. The smallest absolute Gasteiger partial charge is 0.223 e. The lowest BCUT2D eigenvalue weighted by Crippen LogP contribution is -2.18. The van der Waals surface area contributed by atoms with Gasteiger partial charge in [0.2, 0.25) is 5.95 Å². The Bertz CT molecular complexity index is 600. The molecule has 0 aliphatic rings. The number of hydrogen-bond acceptors (Lipinski definition) is 4. The van der Waals surface area contributed by atoms with Crippen molar-refractivity contribution in [2.45, 2.75) is 26.2 Å². The number of nitrogen functional groups attached to an aromatic ring is 1. The predicted octanol–water partition coefficient (Wildman–Crippen LogP) is 2.70. The first-order valence-corrected chi connectivity index (χ1v) is 5.74. The molecule has 0 saturated heterocycles. The minimum Gasteiger partial charge on any atom is -0.368 e. The van der Waals surface area contributed by atoms with Gasteiger partial charge in [-0.3, -0.25) is 0 Å². The first kappa shape index (κ1) is 13.3. The summed E-state index contributed by atoms with van der Waals surface area (Å²) in [6, 6.07) is 3.10. The molecule has 100 valence electrons. The molecule has 0 radical (unpaired) electrons. The van der Waals surface area contributed by atoms with Gasteiger partial charge >= 0.3 is 0 Å². The largest absolute Gasteiger partial charge is 0.368 e. The standard InChI is InChI=1S/C13H14F2N4/c1-13(2,3)11-17-10(18-12(16)19-11)7-4-8(14)6-9(15)5-7/h4-6H,1-3H3,(H2,16,17,18,19). The second-order valence-corrected chi connectivity index (χ2v) is 5.25. The quantitative estimate of drug-likeness (QED) is 0.860. The number of nitrogens with two attached hydrogens (primary N) is 1. The highest BCUT2D eigenvalue weighted by atomic mass is 19.1. The van der Waals surface area contributed by atoms with E-state index in [4.69, 9.17) is 5.73 Å². The molecule has 1 aromatic heterocycles. The van der Waals surface area contributed by atoms with E-state index in [0.717, 1.165) is 18.2 Å². The molecule has 0 saturated carbocycles. The van der Waals surface area contributed by atoms with E-state index in [1.54, 1.807) is 0 Å². The molecule has 0 spiro atoms. The summed E-state index contributed by atoms with van der Waals surface area (Å²) in [5, 5.41) is 0. The topological polar surface area (TPSA) is 64.7 Å². The highest BCUT2D eigenvalue weighted by Crippen LogP contribution is 2.23. The third-order valence-electron chi connectivity index (χ3n) is 2.44. The van der Waals surface area contributed by atoms with Crippen LogP contribution in [0.2, 0.25) is 0 Å². The van der Waals surface area contributed by atoms with Crippen LogP contribution in [0, 0.1) is 11.6 Å². The van der Waals surface area contributed by atoms with E-state index in [1.807, 2.05) is 20.8 Å². The molecular weight excluding hydrogens is 250 g/mol. The molecule has 2 aromatic rings. The highest BCUT2D eigenvalue weighted by Gasteiger charge is 2.20. The predicted molar refractivity (Wildman–Crippen MR) is 68.3 cm³/mol. The van der Waals surface area contributed by atoms with Crippen molar-refractivity contribution in [3.05, 3.63) is 35.7 Å². The maximum atomic E-state index is 13.2. The first-order chi connectivity index (χ1) is 8.75. The maximum absolute atomic E-state index is 13.2. The van der Waals surface area contributed by atoms with Crippen LogP contribution in [0.3, 0.4) is 0 Å². The number of benzene rings is 1. The lowest BCUT2D eigenvalue weighted by Gasteiger charge is -2.17. The fourth-order valence-corrected chi connectivity index (χ4v) is 1.54. The molecule has 4 nitrogen and oxygen atoms in total. The average Bonchev–Trinajstić information content (AvgIpc) is 2.25. The Morgan fingerprint density at radius 3 is 2.05 bits per heavy atom. The van der Waals surface area contributed by atoms with Gasteiger partial charge in [-0.1, -0.05) is 20.8 Å². The van der Waals surface area contributed by atoms with Gasteiger partial charge in [0.15, 0.2) is 5.82 Å². The van der Waals surface area contributed by atoms with E-state index in [2.05, 4.69) is 15.0 Å². The van der Waals surface area contributed by atoms with Crippen molar-refractivity contribution in [2.24, 2.45) is 0 Å². The minimum atomic E-state index is -0.689. The molecule has 0 amide bonds. The van der Waals surface area contributed by atoms with Crippen LogP contribution in [0.5, 0.6) is 0 Å². The summed E-state index contributed by atoms with van der Waals surface area (Å²) in [5.41, 5.74) is 5.52. The van der Waals surface area contributed by atoms with Crippen molar-refractivity contribution in [3.8, 4) is 11.4 Å². The van der Waals surface area contributed by atoms with Gasteiger partial charge in [0.05, 0.1) is 0 Å². The van der Waals surface area contributed by atoms with Crippen molar-refractivity contribution in [3.63, 3.8) is 0 Å². The van der Waals surface area contributed by atoms with Crippen molar-refractivity contribution < 1.29 is 8.78 Å². The third kappa shape index (κ3) is 3.01. The van der Waals surface area contributed by atoms with Crippen LogP contribution in [0.15, 0.2) is 18.2 Å². The van der Waals surface area contributed by atoms with Crippen LogP contribution in [0.25, 0.3) is 11.4 Å². The molecule has 1 heterocycles. The van der Waals surface area contributed by atoms with Crippen molar-refractivity contribution >= 4 is 5.95 Å². The van der Waals surface area contributed by atoms with Gasteiger partial charge in [-0.15, -0.1) is 0 Å². The number of hydrogen-bond donors (Lipinski definition) is 1. The lowest BCUT2D eigenvalue weighted by atomic mass is 9.96. The summed E-state index contributed by atoms with van der Waals surface area (Å²) in [4.78, 5) is 12.2. The molecule has 2 rings (SSSR count). The van der Waals surface area contributed by atoms with E-state index in [0.29, 0.717) is 5.82 Å². The third-order valence-corrected chi connectivity index (χ3v) is 2.44. The summed E-state index contributed by atoms with van der Waals surface area (Å²) in [6.45, 7) is 5.74. The zero-order chi connectivity index (χ0) is 14.2. The van der Waals surface area contributed by atoms with Crippen molar-refractivity contribution in [2.75, 3.05) is 5.73 Å². The van der Waals surface area contributed by atoms with Gasteiger partial charge in [-0.05, 0) is 12.1 Å². The molecule has 19 heavy (non-hydrogen) atoms. The average molecular weight is 264 g/mol. The Balaban J connectivity index is 2.59. The second-order valence-electron chi connectivity index (χ2n) is 5.25. The molecule has 0 bridgehead atoms. The van der Waals surface area contributed by atoms with Crippen LogP contribution in [0.4, 0.5) is 14.7 Å². The maximum Gasteiger partial charge on any atom is 0.223 e. The number of halogens is 2. The normalized spacial score (nSPS) is 11.6. The van der Waals surface area contributed by atoms with E-state index in [1.165, 1.54) is 0 Å². The number of rotatable bonds is 1. The van der Waals surface area contributed by atoms with E-state index in [-0.39, 0.29) is 22.8 Å². The zero-order valence-electron chi connectivity index (χ0n) is 10.9. The van der Waals surface area contributed by atoms with Gasteiger partial charge < -0.3 is 5.73 Å². The summed E-state index contributed by atoms with van der Waals surface area (Å²) in [5.74, 6) is -0.715. The van der Waals surface area contributed by atoms with E-state index >= 15 is 0 Å². The van der Waals surface area contributed by atoms with Gasteiger partial charge in [0.1, 0.15) is 17.5 Å². The summed E-state index contributed by atoms with van der Waals surface area (Å²) < 4.78 is 26.4. The van der Waals surface area contributed by atoms with Crippen LogP contribution in [-0.4, -0.2) is 15.0 Å². The Hall–Kier alpha value is -2.11. The van der Waals surface area contributed by atoms with Crippen LogP contribution in [-0.2, 0) is 5.41 Å². The second kappa shape index (κ2) is 4.53. The lowest BCUT2D eigenvalue weighted by molar-refractivity contribution is 0.544. The molecule has 0 aliphatic carbocycles. The van der Waals surface area contributed by atoms with Crippen molar-refractivity contribution in [1.82, 2.24) is 15.0 Å². The van der Waals surface area contributed by atoms with Gasteiger partial charge in [-0.25, -0.2) is 13.8 Å². The molecule has 0 aliphatic heterocycles. The van der Waals surface area contributed by atoms with Crippen LogP contribution >= 0.6 is 0 Å². The van der Waals surface area contributed by atoms with Gasteiger partial charge in [-0.2, -0.15) is 9.97 Å². The molecule has 0 atom stereocenters. The number of nitrogens with zero attached hydrogens (tertiary/aromatic N) is 3. The molecule has 0 fully saturated rings. The minimum absolute atomic E-state index is 0.0274. The van der Waals surface area contributed by atoms with Crippen LogP contribution in [0.1, 0.15) is 26.6 Å². The fourth-order valence-electron chi connectivity index (χ4n) is 1.54. The van der Waals surface area contributed by atoms with E-state index < -0.39 is 11.6 Å². The van der Waals surface area contributed by atoms with Gasteiger partial charge in [0, 0.05) is 17.0 Å². The Morgan fingerprint density at radius 1 is 0.947 bits per heavy atom. The van der Waals surface area contributed by atoms with E-state index in [9.17, 15) is 8.78 Å². The SMILES string of the molecule is CC(C)(C)c1nc(N)nc(-c2cc(F)cc(F)c2)n1. The summed E-state index contributed by atoms with van der Waals surface area (Å²) >= 11 is 0. The number of aromatic nitrogens is 3. The van der Waals surface area contributed by atoms with Crippen LogP contribution < -0.4 is 5.73 Å². The first-order valence-electron chi connectivity index (χ1n) is 5.74. The Morgan fingerprint density at radius 2 is 1.53 bits per heavy atom. The number of anilines is 1. The van der Waals surface area contributed by atoms with Crippen molar-refractivity contribution in [1.29, 1.82) is 0 Å². The highest BCUT2D eigenvalue weighted by molar-refractivity contribution is 5.56. The summed E-state index contributed by atoms with van der Waals surface area (Å²) in [7, 11) is 0. The van der Waals surface area contributed by atoms with Gasteiger partial charge in [0.25, 0.3) is 0 Å². The monoisotopic (exact) mass is 264 g/mol. The fraction of sp³-hybridized carbons (Fsp3) is 0.308. The Kier molecular flexibility index (Phi) is 3.18. The Labute approximate surface area is 109 Å². The molecule has 1 aromatic carbocycles. The molecular formula is C13H14F2N4. The molecule has 6 heteroatoms. The molecule has 2 N–H and O–H groups in total. The zero-order valence-corrected chi connectivity index (χ0v) is 10.9.